The van der Waals surface area contributed by atoms with Gasteiger partial charge < -0.3 is 15.0 Å². The SMILES string of the molecule is CCOC(=O)C(C)NC(=O)CCc1nnc2ccc(N3CCCC3)nn12. The highest BCUT2D eigenvalue weighted by atomic mass is 16.5. The summed E-state index contributed by atoms with van der Waals surface area (Å²) in [7, 11) is 0. The maximum atomic E-state index is 12.1. The van der Waals surface area contributed by atoms with Crippen molar-refractivity contribution in [1.82, 2.24) is 25.1 Å². The van der Waals surface area contributed by atoms with E-state index in [0.717, 1.165) is 18.9 Å². The average molecular weight is 360 g/mol. The first-order valence-corrected chi connectivity index (χ1v) is 9.00. The minimum absolute atomic E-state index is 0.195. The second kappa shape index (κ2) is 8.11. The molecule has 3 heterocycles. The van der Waals surface area contributed by atoms with Gasteiger partial charge in [0.05, 0.1) is 6.61 Å². The molecule has 1 aliphatic rings. The number of nitrogens with zero attached hydrogens (tertiary/aromatic N) is 5. The Labute approximate surface area is 151 Å². The molecule has 9 nitrogen and oxygen atoms in total. The highest BCUT2D eigenvalue weighted by molar-refractivity contribution is 5.84. The molecule has 26 heavy (non-hydrogen) atoms. The van der Waals surface area contributed by atoms with Crippen LogP contribution >= 0.6 is 0 Å². The fourth-order valence-electron chi connectivity index (χ4n) is 2.96. The molecule has 1 unspecified atom stereocenters. The second-order valence-corrected chi connectivity index (χ2v) is 6.31. The number of ether oxygens (including phenoxy) is 1. The maximum absolute atomic E-state index is 12.1. The van der Waals surface area contributed by atoms with Crippen LogP contribution in [0.2, 0.25) is 0 Å². The Kier molecular flexibility index (Phi) is 5.65. The van der Waals surface area contributed by atoms with Crippen molar-refractivity contribution in [1.29, 1.82) is 0 Å². The number of fused-ring (bicyclic) bond motifs is 1. The van der Waals surface area contributed by atoms with E-state index in [0.29, 0.717) is 17.9 Å². The predicted molar refractivity (Wildman–Crippen MR) is 94.8 cm³/mol. The van der Waals surface area contributed by atoms with Gasteiger partial charge in [-0.05, 0) is 38.8 Å². The summed E-state index contributed by atoms with van der Waals surface area (Å²) in [6.07, 6.45) is 2.93. The molecule has 0 radical (unpaired) electrons. The van der Waals surface area contributed by atoms with Gasteiger partial charge in [-0.3, -0.25) is 4.79 Å². The van der Waals surface area contributed by atoms with Crippen LogP contribution in [0.1, 0.15) is 38.9 Å². The smallest absolute Gasteiger partial charge is 0.328 e. The van der Waals surface area contributed by atoms with Crippen LogP contribution in [0, 0.1) is 0 Å². The molecule has 1 N–H and O–H groups in total. The first kappa shape index (κ1) is 18.1. The van der Waals surface area contributed by atoms with E-state index in [9.17, 15) is 9.59 Å². The van der Waals surface area contributed by atoms with Gasteiger partial charge in [-0.25, -0.2) is 4.79 Å². The van der Waals surface area contributed by atoms with Gasteiger partial charge in [0.25, 0.3) is 0 Å². The highest BCUT2D eigenvalue weighted by Gasteiger charge is 2.18. The summed E-state index contributed by atoms with van der Waals surface area (Å²) in [4.78, 5) is 25.9. The number of aromatic nitrogens is 4. The summed E-state index contributed by atoms with van der Waals surface area (Å²) in [5, 5.41) is 15.5. The molecular weight excluding hydrogens is 336 g/mol. The zero-order valence-electron chi connectivity index (χ0n) is 15.1. The number of carbonyl (C=O) groups is 2. The number of hydrogen-bond acceptors (Lipinski definition) is 7. The third-order valence-electron chi connectivity index (χ3n) is 4.34. The highest BCUT2D eigenvalue weighted by Crippen LogP contribution is 2.18. The molecule has 1 atom stereocenters. The van der Waals surface area contributed by atoms with E-state index in [1.54, 1.807) is 18.4 Å². The molecule has 9 heteroatoms. The topological polar surface area (TPSA) is 102 Å². The fourth-order valence-corrected chi connectivity index (χ4v) is 2.96. The minimum Gasteiger partial charge on any atom is -0.464 e. The number of rotatable bonds is 7. The molecule has 0 aliphatic carbocycles. The molecule has 1 aliphatic heterocycles. The molecule has 3 rings (SSSR count). The summed E-state index contributed by atoms with van der Waals surface area (Å²) >= 11 is 0. The third kappa shape index (κ3) is 4.09. The lowest BCUT2D eigenvalue weighted by molar-refractivity contribution is -0.146. The summed E-state index contributed by atoms with van der Waals surface area (Å²) in [6, 6.07) is 3.17. The van der Waals surface area contributed by atoms with Gasteiger partial charge in [0.15, 0.2) is 11.5 Å². The molecule has 0 spiro atoms. The van der Waals surface area contributed by atoms with Crippen LogP contribution in [0.15, 0.2) is 12.1 Å². The van der Waals surface area contributed by atoms with E-state index in [4.69, 9.17) is 4.74 Å². The average Bonchev–Trinajstić information content (AvgIpc) is 3.29. The molecular formula is C17H24N6O3. The Bertz CT molecular complexity index is 784. The molecule has 140 valence electrons. The maximum Gasteiger partial charge on any atom is 0.328 e. The third-order valence-corrected chi connectivity index (χ3v) is 4.34. The van der Waals surface area contributed by atoms with E-state index >= 15 is 0 Å². The molecule has 1 saturated heterocycles. The lowest BCUT2D eigenvalue weighted by atomic mass is 10.2. The number of esters is 1. The predicted octanol–water partition coefficient (Wildman–Crippen LogP) is 0.725. The first-order chi connectivity index (χ1) is 12.6. The van der Waals surface area contributed by atoms with Gasteiger partial charge in [0.2, 0.25) is 5.91 Å². The monoisotopic (exact) mass is 360 g/mol. The van der Waals surface area contributed by atoms with Crippen molar-refractivity contribution in [3.63, 3.8) is 0 Å². The Morgan fingerprint density at radius 1 is 1.27 bits per heavy atom. The standard InChI is InChI=1S/C17H24N6O3/c1-3-26-17(25)12(2)18-16(24)9-8-14-20-19-13-6-7-15(21-23(13)14)22-10-4-5-11-22/h6-7,12H,3-5,8-11H2,1-2H3,(H,18,24). The van der Waals surface area contributed by atoms with Gasteiger partial charge in [0.1, 0.15) is 11.9 Å². The van der Waals surface area contributed by atoms with Gasteiger partial charge in [0, 0.05) is 25.9 Å². The van der Waals surface area contributed by atoms with Crippen LogP contribution in [-0.4, -0.2) is 57.4 Å². The molecule has 1 fully saturated rings. The minimum atomic E-state index is -0.669. The lowest BCUT2D eigenvalue weighted by Crippen LogP contribution is -2.39. The molecule has 2 aromatic heterocycles. The van der Waals surface area contributed by atoms with Crippen LogP contribution in [0.3, 0.4) is 0 Å². The Balaban J connectivity index is 1.62. The second-order valence-electron chi connectivity index (χ2n) is 6.31. The summed E-state index contributed by atoms with van der Waals surface area (Å²) in [5.74, 6) is 0.847. The summed E-state index contributed by atoms with van der Waals surface area (Å²) in [5.41, 5.74) is 0.656. The number of amides is 1. The van der Waals surface area contributed by atoms with Crippen LogP contribution in [0.5, 0.6) is 0 Å². The Morgan fingerprint density at radius 2 is 2.04 bits per heavy atom. The van der Waals surface area contributed by atoms with Gasteiger partial charge in [-0.1, -0.05) is 0 Å². The van der Waals surface area contributed by atoms with Crippen LogP contribution in [0.25, 0.3) is 5.65 Å². The first-order valence-electron chi connectivity index (χ1n) is 9.00. The van der Waals surface area contributed by atoms with Crippen molar-refractivity contribution in [2.24, 2.45) is 0 Å². The van der Waals surface area contributed by atoms with Crippen molar-refractivity contribution in [3.8, 4) is 0 Å². The zero-order valence-corrected chi connectivity index (χ0v) is 15.1. The Hall–Kier alpha value is -2.71. The van der Waals surface area contributed by atoms with E-state index in [-0.39, 0.29) is 18.9 Å². The van der Waals surface area contributed by atoms with Crippen molar-refractivity contribution in [2.75, 3.05) is 24.6 Å². The van der Waals surface area contributed by atoms with Crippen molar-refractivity contribution < 1.29 is 14.3 Å². The lowest BCUT2D eigenvalue weighted by Gasteiger charge is -2.15. The number of hydrogen-bond donors (Lipinski definition) is 1. The summed E-state index contributed by atoms with van der Waals surface area (Å²) < 4.78 is 6.57. The van der Waals surface area contributed by atoms with Crippen LogP contribution < -0.4 is 10.2 Å². The van der Waals surface area contributed by atoms with Gasteiger partial charge in [-0.15, -0.1) is 15.3 Å². The largest absolute Gasteiger partial charge is 0.464 e. The van der Waals surface area contributed by atoms with Crippen LogP contribution in [-0.2, 0) is 20.7 Å². The van der Waals surface area contributed by atoms with Gasteiger partial charge >= 0.3 is 5.97 Å². The van der Waals surface area contributed by atoms with E-state index in [1.165, 1.54) is 12.8 Å². The quantitative estimate of drug-likeness (QED) is 0.726. The van der Waals surface area contributed by atoms with Gasteiger partial charge in [-0.2, -0.15) is 4.52 Å². The fraction of sp³-hybridized carbons (Fsp3) is 0.588. The normalized spacial score (nSPS) is 15.2. The van der Waals surface area contributed by atoms with Crippen molar-refractivity contribution >= 4 is 23.3 Å². The van der Waals surface area contributed by atoms with Crippen molar-refractivity contribution in [3.05, 3.63) is 18.0 Å². The number of anilines is 1. The molecule has 0 saturated carbocycles. The van der Waals surface area contributed by atoms with E-state index in [1.807, 2.05) is 12.1 Å². The zero-order chi connectivity index (χ0) is 18.5. The number of aryl methyl sites for hydroxylation is 1. The number of carbonyl (C=O) groups excluding carboxylic acids is 2. The molecule has 0 aromatic carbocycles. The molecule has 1 amide bonds. The Morgan fingerprint density at radius 3 is 2.77 bits per heavy atom. The number of nitrogens with one attached hydrogen (secondary N) is 1. The van der Waals surface area contributed by atoms with E-state index in [2.05, 4.69) is 25.5 Å². The molecule has 2 aromatic rings. The summed E-state index contributed by atoms with van der Waals surface area (Å²) in [6.45, 7) is 5.63. The molecule has 0 bridgehead atoms. The van der Waals surface area contributed by atoms with Crippen molar-refractivity contribution in [2.45, 2.75) is 45.6 Å². The van der Waals surface area contributed by atoms with E-state index < -0.39 is 12.0 Å². The van der Waals surface area contributed by atoms with Crippen LogP contribution in [0.4, 0.5) is 5.82 Å².